The van der Waals surface area contributed by atoms with Crippen LogP contribution in [0.15, 0.2) is 16.6 Å². The smallest absolute Gasteiger partial charge is 0.312 e. The number of nitro groups is 1. The van der Waals surface area contributed by atoms with E-state index in [4.69, 9.17) is 10.00 Å². The number of likely N-dealkylation sites (N-methyl/N-ethyl adjacent to an activating group) is 1. The fourth-order valence-electron chi connectivity index (χ4n) is 1.13. The van der Waals surface area contributed by atoms with E-state index in [0.29, 0.717) is 0 Å². The van der Waals surface area contributed by atoms with Gasteiger partial charge in [0.2, 0.25) is 0 Å². The number of nitrogens with zero attached hydrogens (tertiary/aromatic N) is 2. The molecule has 1 rings (SSSR count). The second-order valence-corrected chi connectivity index (χ2v) is 4.13. The molecule has 8 heteroatoms. The van der Waals surface area contributed by atoms with Gasteiger partial charge >= 0.3 is 5.69 Å². The fourth-order valence-corrected chi connectivity index (χ4v) is 1.47. The minimum atomic E-state index is -0.680. The summed E-state index contributed by atoms with van der Waals surface area (Å²) in [6, 6.07) is 3.19. The van der Waals surface area contributed by atoms with Crippen molar-refractivity contribution in [3.8, 4) is 11.8 Å². The number of halogens is 2. The highest BCUT2D eigenvalue weighted by atomic mass is 79.9. The van der Waals surface area contributed by atoms with Gasteiger partial charge in [0.05, 0.1) is 15.5 Å². The summed E-state index contributed by atoms with van der Waals surface area (Å²) in [6.07, 6.45) is 0. The molecule has 0 amide bonds. The SMILES string of the molecule is CNC(C#N)COc1cc(F)c(Br)cc1[N+](=O)[O-]. The third-order valence-electron chi connectivity index (χ3n) is 2.11. The number of rotatable bonds is 5. The standard InChI is InChI=1S/C10H9BrFN3O3/c1-14-6(4-13)5-18-10-3-8(12)7(11)2-9(10)15(16)17/h2-3,6,14H,5H2,1H3. The number of hydrogen-bond acceptors (Lipinski definition) is 5. The molecule has 0 heterocycles. The maximum Gasteiger partial charge on any atom is 0.312 e. The lowest BCUT2D eigenvalue weighted by Gasteiger charge is -2.10. The number of nitro benzene ring substituents is 1. The normalized spacial score (nSPS) is 11.7. The zero-order chi connectivity index (χ0) is 13.7. The van der Waals surface area contributed by atoms with Crippen LogP contribution in [0.1, 0.15) is 0 Å². The third kappa shape index (κ3) is 3.38. The van der Waals surface area contributed by atoms with Gasteiger partial charge in [-0.15, -0.1) is 0 Å². The third-order valence-corrected chi connectivity index (χ3v) is 2.72. The molecule has 0 aliphatic rings. The number of nitriles is 1. The molecule has 1 aromatic rings. The van der Waals surface area contributed by atoms with Gasteiger partial charge in [0.15, 0.2) is 5.75 Å². The van der Waals surface area contributed by atoms with Gasteiger partial charge in [-0.05, 0) is 23.0 Å². The van der Waals surface area contributed by atoms with Gasteiger partial charge in [-0.25, -0.2) is 4.39 Å². The summed E-state index contributed by atoms with van der Waals surface area (Å²) in [5.74, 6) is -0.884. The molecule has 1 N–H and O–H groups in total. The van der Waals surface area contributed by atoms with Crippen molar-refractivity contribution in [2.75, 3.05) is 13.7 Å². The van der Waals surface area contributed by atoms with Crippen LogP contribution in [0.4, 0.5) is 10.1 Å². The van der Waals surface area contributed by atoms with Gasteiger partial charge in [0.1, 0.15) is 18.5 Å². The Hall–Kier alpha value is -1.72. The molecule has 0 fully saturated rings. The Morgan fingerprint density at radius 2 is 2.39 bits per heavy atom. The van der Waals surface area contributed by atoms with Gasteiger partial charge in [0.25, 0.3) is 0 Å². The number of hydrogen-bond donors (Lipinski definition) is 1. The Balaban J connectivity index is 2.97. The Morgan fingerprint density at radius 1 is 1.72 bits per heavy atom. The van der Waals surface area contributed by atoms with Gasteiger partial charge in [-0.2, -0.15) is 5.26 Å². The summed E-state index contributed by atoms with van der Waals surface area (Å²) in [5.41, 5.74) is -0.365. The van der Waals surface area contributed by atoms with Crippen molar-refractivity contribution in [1.82, 2.24) is 5.32 Å². The summed E-state index contributed by atoms with van der Waals surface area (Å²) in [7, 11) is 1.55. The molecule has 0 radical (unpaired) electrons. The van der Waals surface area contributed by atoms with E-state index >= 15 is 0 Å². The van der Waals surface area contributed by atoms with Crippen LogP contribution in [0.25, 0.3) is 0 Å². The largest absolute Gasteiger partial charge is 0.484 e. The van der Waals surface area contributed by atoms with Crippen LogP contribution in [0.2, 0.25) is 0 Å². The molecule has 1 unspecified atom stereocenters. The van der Waals surface area contributed by atoms with Gasteiger partial charge in [0, 0.05) is 12.1 Å². The predicted octanol–water partition coefficient (Wildman–Crippen LogP) is 1.99. The molecule has 0 spiro atoms. The van der Waals surface area contributed by atoms with Crippen molar-refractivity contribution in [2.45, 2.75) is 6.04 Å². The van der Waals surface area contributed by atoms with E-state index in [-0.39, 0.29) is 22.5 Å². The molecular weight excluding hydrogens is 309 g/mol. The monoisotopic (exact) mass is 317 g/mol. The lowest BCUT2D eigenvalue weighted by atomic mass is 10.3. The van der Waals surface area contributed by atoms with Crippen molar-refractivity contribution in [2.24, 2.45) is 0 Å². The Kier molecular flexibility index (Phi) is 5.00. The predicted molar refractivity (Wildman–Crippen MR) is 64.7 cm³/mol. The van der Waals surface area contributed by atoms with E-state index in [1.54, 1.807) is 7.05 Å². The molecule has 96 valence electrons. The average molecular weight is 318 g/mol. The summed E-state index contributed by atoms with van der Waals surface area (Å²) >= 11 is 2.86. The first kappa shape index (κ1) is 14.3. The first-order chi connectivity index (χ1) is 8.49. The van der Waals surface area contributed by atoms with Crippen molar-refractivity contribution in [1.29, 1.82) is 5.26 Å². The summed E-state index contributed by atoms with van der Waals surface area (Å²) in [5, 5.41) is 22.1. The molecule has 0 bridgehead atoms. The summed E-state index contributed by atoms with van der Waals surface area (Å²) in [4.78, 5) is 10.1. The zero-order valence-electron chi connectivity index (χ0n) is 9.31. The van der Waals surface area contributed by atoms with E-state index in [1.165, 1.54) is 0 Å². The minimum absolute atomic E-state index is 0.0213. The van der Waals surface area contributed by atoms with Gasteiger partial charge in [-0.1, -0.05) is 0 Å². The van der Waals surface area contributed by atoms with E-state index in [1.807, 2.05) is 6.07 Å². The Morgan fingerprint density at radius 3 is 2.89 bits per heavy atom. The highest BCUT2D eigenvalue weighted by Crippen LogP contribution is 2.32. The molecule has 0 saturated carbocycles. The zero-order valence-corrected chi connectivity index (χ0v) is 10.9. The van der Waals surface area contributed by atoms with Gasteiger partial charge in [-0.3, -0.25) is 10.1 Å². The van der Waals surface area contributed by atoms with E-state index in [9.17, 15) is 14.5 Å². The highest BCUT2D eigenvalue weighted by molar-refractivity contribution is 9.10. The lowest BCUT2D eigenvalue weighted by Crippen LogP contribution is -2.30. The van der Waals surface area contributed by atoms with Crippen molar-refractivity contribution >= 4 is 21.6 Å². The van der Waals surface area contributed by atoms with Crippen LogP contribution >= 0.6 is 15.9 Å². The minimum Gasteiger partial charge on any atom is -0.484 e. The van der Waals surface area contributed by atoms with Crippen molar-refractivity contribution in [3.63, 3.8) is 0 Å². The molecule has 6 nitrogen and oxygen atoms in total. The molecule has 0 saturated heterocycles. The molecule has 0 aliphatic carbocycles. The van der Waals surface area contributed by atoms with Crippen molar-refractivity contribution < 1.29 is 14.1 Å². The number of nitrogens with one attached hydrogen (secondary N) is 1. The maximum atomic E-state index is 13.3. The van der Waals surface area contributed by atoms with Crippen LogP contribution in [0.5, 0.6) is 5.75 Å². The summed E-state index contributed by atoms with van der Waals surface area (Å²) in [6.45, 7) is -0.116. The van der Waals surface area contributed by atoms with Crippen LogP contribution in [0.3, 0.4) is 0 Å². The molecule has 1 atom stereocenters. The Labute approximate surface area is 111 Å². The maximum absolute atomic E-state index is 13.3. The lowest BCUT2D eigenvalue weighted by molar-refractivity contribution is -0.386. The second kappa shape index (κ2) is 6.28. The van der Waals surface area contributed by atoms with Crippen LogP contribution < -0.4 is 10.1 Å². The van der Waals surface area contributed by atoms with Crippen LogP contribution in [-0.2, 0) is 0 Å². The topological polar surface area (TPSA) is 88.2 Å². The van der Waals surface area contributed by atoms with Crippen LogP contribution in [-0.4, -0.2) is 24.6 Å². The first-order valence-electron chi connectivity index (χ1n) is 4.82. The van der Waals surface area contributed by atoms with Crippen molar-refractivity contribution in [3.05, 3.63) is 32.5 Å². The fraction of sp³-hybridized carbons (Fsp3) is 0.300. The molecule has 18 heavy (non-hydrogen) atoms. The van der Waals surface area contributed by atoms with E-state index in [2.05, 4.69) is 21.2 Å². The number of ether oxygens (including phenoxy) is 1. The average Bonchev–Trinajstić information content (AvgIpc) is 2.34. The molecule has 1 aromatic carbocycles. The van der Waals surface area contributed by atoms with E-state index < -0.39 is 16.8 Å². The van der Waals surface area contributed by atoms with Crippen LogP contribution in [0, 0.1) is 27.3 Å². The summed E-state index contributed by atoms with van der Waals surface area (Å²) < 4.78 is 18.4. The van der Waals surface area contributed by atoms with Gasteiger partial charge < -0.3 is 10.1 Å². The molecular formula is C10H9BrFN3O3. The molecule has 0 aromatic heterocycles. The Bertz CT molecular complexity index is 504. The van der Waals surface area contributed by atoms with E-state index in [0.717, 1.165) is 12.1 Å². The second-order valence-electron chi connectivity index (χ2n) is 3.27. The highest BCUT2D eigenvalue weighted by Gasteiger charge is 2.19. The molecule has 0 aliphatic heterocycles. The quantitative estimate of drug-likeness (QED) is 0.662. The number of benzene rings is 1. The first-order valence-corrected chi connectivity index (χ1v) is 5.62.